The minimum absolute atomic E-state index is 0.0270. The van der Waals surface area contributed by atoms with E-state index >= 15 is 8.78 Å². The predicted octanol–water partition coefficient (Wildman–Crippen LogP) is 4.15. The SMILES string of the molecule is CCN1C(=O)c2c(O)c(=O)c(-c3nnc(Cc4ccc(F)cc4F)s3)cn2[C@@H]2[C@H]1CCCC2(F)F. The summed E-state index contributed by atoms with van der Waals surface area (Å²) < 4.78 is 58.5. The molecule has 1 fully saturated rings. The fraction of sp³-hybridized carbons (Fsp3) is 0.391. The third-order valence-electron chi connectivity index (χ3n) is 6.58. The van der Waals surface area contributed by atoms with Crippen LogP contribution < -0.4 is 5.43 Å². The summed E-state index contributed by atoms with van der Waals surface area (Å²) in [5, 5.41) is 18.9. The molecule has 5 rings (SSSR count). The van der Waals surface area contributed by atoms with Crippen LogP contribution >= 0.6 is 11.3 Å². The maximum atomic E-state index is 15.1. The average Bonchev–Trinajstić information content (AvgIpc) is 3.26. The first kappa shape index (κ1) is 23.5. The van der Waals surface area contributed by atoms with Gasteiger partial charge in [-0.1, -0.05) is 17.4 Å². The number of halogens is 4. The van der Waals surface area contributed by atoms with Crippen LogP contribution in [0.1, 0.15) is 53.3 Å². The van der Waals surface area contributed by atoms with E-state index in [9.17, 15) is 23.5 Å². The molecular weight excluding hydrogens is 488 g/mol. The van der Waals surface area contributed by atoms with Crippen molar-refractivity contribution < 1.29 is 27.5 Å². The number of aromatic hydroxyl groups is 1. The van der Waals surface area contributed by atoms with Gasteiger partial charge in [0, 0.05) is 31.6 Å². The summed E-state index contributed by atoms with van der Waals surface area (Å²) in [6.07, 6.45) is 1.34. The minimum Gasteiger partial charge on any atom is -0.503 e. The van der Waals surface area contributed by atoms with E-state index in [1.807, 2.05) is 0 Å². The molecule has 1 aromatic carbocycles. The van der Waals surface area contributed by atoms with Crippen LogP contribution in [-0.2, 0) is 6.42 Å². The number of benzene rings is 1. The van der Waals surface area contributed by atoms with Crippen LogP contribution in [0.5, 0.6) is 5.75 Å². The quantitative estimate of drug-likeness (QED) is 0.535. The molecule has 0 spiro atoms. The number of carbonyl (C=O) groups is 1. The maximum Gasteiger partial charge on any atom is 0.274 e. The lowest BCUT2D eigenvalue weighted by Gasteiger charge is -2.48. The van der Waals surface area contributed by atoms with E-state index in [-0.39, 0.29) is 41.9 Å². The average molecular weight is 508 g/mol. The second-order valence-corrected chi connectivity index (χ2v) is 9.71. The molecule has 3 heterocycles. The van der Waals surface area contributed by atoms with Gasteiger partial charge in [-0.15, -0.1) is 10.2 Å². The van der Waals surface area contributed by atoms with Crippen molar-refractivity contribution >= 4 is 17.2 Å². The van der Waals surface area contributed by atoms with Crippen molar-refractivity contribution in [2.24, 2.45) is 0 Å². The van der Waals surface area contributed by atoms with Gasteiger partial charge in [-0.2, -0.15) is 0 Å². The highest BCUT2D eigenvalue weighted by Crippen LogP contribution is 2.48. The normalized spacial score (nSPS) is 21.1. The molecule has 184 valence electrons. The topological polar surface area (TPSA) is 88.3 Å². The molecule has 2 atom stereocenters. The zero-order valence-electron chi connectivity index (χ0n) is 18.5. The van der Waals surface area contributed by atoms with Crippen LogP contribution in [0.4, 0.5) is 17.6 Å². The predicted molar refractivity (Wildman–Crippen MR) is 119 cm³/mol. The Hall–Kier alpha value is -3.28. The molecule has 2 aromatic heterocycles. The second kappa shape index (κ2) is 8.43. The van der Waals surface area contributed by atoms with Crippen molar-refractivity contribution in [3.63, 3.8) is 0 Å². The molecule has 2 aliphatic rings. The fourth-order valence-electron chi connectivity index (χ4n) is 4.98. The highest BCUT2D eigenvalue weighted by Gasteiger charge is 2.54. The Morgan fingerprint density at radius 1 is 1.23 bits per heavy atom. The van der Waals surface area contributed by atoms with Crippen molar-refractivity contribution in [3.8, 4) is 16.3 Å². The van der Waals surface area contributed by atoms with Gasteiger partial charge in [-0.3, -0.25) is 9.59 Å². The number of alkyl halides is 2. The van der Waals surface area contributed by atoms with Crippen LogP contribution in [0, 0.1) is 11.6 Å². The maximum absolute atomic E-state index is 15.1. The monoisotopic (exact) mass is 508 g/mol. The first-order chi connectivity index (χ1) is 16.6. The number of likely N-dealkylation sites (N-methyl/N-ethyl adjacent to an activating group) is 1. The third-order valence-corrected chi connectivity index (χ3v) is 7.53. The van der Waals surface area contributed by atoms with Gasteiger partial charge in [0.1, 0.15) is 22.7 Å². The largest absolute Gasteiger partial charge is 0.503 e. The number of hydrogen-bond acceptors (Lipinski definition) is 6. The zero-order chi connectivity index (χ0) is 25.1. The smallest absolute Gasteiger partial charge is 0.274 e. The summed E-state index contributed by atoms with van der Waals surface area (Å²) in [6, 6.07) is 0.871. The number of pyridine rings is 1. The number of fused-ring (bicyclic) bond motifs is 3. The lowest BCUT2D eigenvalue weighted by atomic mass is 9.83. The molecule has 1 aliphatic carbocycles. The van der Waals surface area contributed by atoms with Crippen molar-refractivity contribution in [1.82, 2.24) is 19.7 Å². The van der Waals surface area contributed by atoms with E-state index in [2.05, 4.69) is 10.2 Å². The fourth-order valence-corrected chi connectivity index (χ4v) is 5.85. The van der Waals surface area contributed by atoms with E-state index in [0.717, 1.165) is 34.2 Å². The Kier molecular flexibility index (Phi) is 5.65. The lowest BCUT2D eigenvalue weighted by Crippen LogP contribution is -2.58. The summed E-state index contributed by atoms with van der Waals surface area (Å²) in [6.45, 7) is 1.82. The Morgan fingerprint density at radius 2 is 2.00 bits per heavy atom. The summed E-state index contributed by atoms with van der Waals surface area (Å²) in [4.78, 5) is 27.3. The summed E-state index contributed by atoms with van der Waals surface area (Å²) in [5.41, 5.74) is -1.43. The van der Waals surface area contributed by atoms with Gasteiger partial charge in [0.15, 0.2) is 16.5 Å². The van der Waals surface area contributed by atoms with Crippen molar-refractivity contribution in [1.29, 1.82) is 0 Å². The van der Waals surface area contributed by atoms with Crippen LogP contribution in [0.25, 0.3) is 10.6 Å². The van der Waals surface area contributed by atoms with Gasteiger partial charge in [-0.25, -0.2) is 17.6 Å². The molecule has 12 heteroatoms. The second-order valence-electron chi connectivity index (χ2n) is 8.65. The van der Waals surface area contributed by atoms with Gasteiger partial charge in [0.2, 0.25) is 5.43 Å². The van der Waals surface area contributed by atoms with E-state index in [1.54, 1.807) is 6.92 Å². The molecule has 0 saturated heterocycles. The van der Waals surface area contributed by atoms with Crippen LogP contribution in [-0.4, -0.2) is 49.2 Å². The highest BCUT2D eigenvalue weighted by atomic mass is 32.1. The Morgan fingerprint density at radius 3 is 2.71 bits per heavy atom. The van der Waals surface area contributed by atoms with E-state index in [0.29, 0.717) is 11.4 Å². The third kappa shape index (κ3) is 3.79. The van der Waals surface area contributed by atoms with Crippen molar-refractivity contribution in [2.45, 2.75) is 50.6 Å². The number of amides is 1. The standard InChI is InChI=1S/C23H20F4N4O3S/c1-2-30-15-4-3-7-23(26,27)20(15)31-10-13(18(32)19(33)17(31)22(30)34)21-29-28-16(35-21)8-11-5-6-12(24)9-14(11)25/h5-6,9-10,15,20,33H,2-4,7-8H2,1H3/t15-,20-/m1/s1. The first-order valence-corrected chi connectivity index (χ1v) is 11.9. The van der Waals surface area contributed by atoms with Gasteiger partial charge in [-0.05, 0) is 31.4 Å². The minimum atomic E-state index is -3.17. The van der Waals surface area contributed by atoms with E-state index in [4.69, 9.17) is 0 Å². The Labute approximate surface area is 200 Å². The molecule has 0 radical (unpaired) electrons. The molecule has 7 nitrogen and oxygen atoms in total. The van der Waals surface area contributed by atoms with Crippen LogP contribution in [0.3, 0.4) is 0 Å². The molecule has 0 unspecified atom stereocenters. The van der Waals surface area contributed by atoms with Gasteiger partial charge in [0.05, 0.1) is 11.6 Å². The summed E-state index contributed by atoms with van der Waals surface area (Å²) in [7, 11) is 0. The van der Waals surface area contributed by atoms with E-state index < -0.39 is 52.4 Å². The molecule has 1 N–H and O–H groups in total. The number of nitrogens with zero attached hydrogens (tertiary/aromatic N) is 4. The van der Waals surface area contributed by atoms with Crippen molar-refractivity contribution in [3.05, 3.63) is 62.5 Å². The summed E-state index contributed by atoms with van der Waals surface area (Å²) in [5.74, 6) is -6.27. The number of carbonyl (C=O) groups excluding carboxylic acids is 1. The molecule has 0 bridgehead atoms. The highest BCUT2D eigenvalue weighted by molar-refractivity contribution is 7.14. The molecule has 35 heavy (non-hydrogen) atoms. The summed E-state index contributed by atoms with van der Waals surface area (Å²) >= 11 is 0.912. The molecule has 1 amide bonds. The van der Waals surface area contributed by atoms with Gasteiger partial charge >= 0.3 is 0 Å². The Bertz CT molecular complexity index is 1390. The number of aromatic nitrogens is 3. The number of rotatable bonds is 4. The molecule has 1 aliphatic heterocycles. The van der Waals surface area contributed by atoms with Gasteiger partial charge in [0.25, 0.3) is 11.8 Å². The molecule has 3 aromatic rings. The van der Waals surface area contributed by atoms with E-state index in [1.165, 1.54) is 11.0 Å². The molecular formula is C23H20F4N4O3S. The Balaban J connectivity index is 1.60. The lowest BCUT2D eigenvalue weighted by molar-refractivity contribution is -0.111. The number of hydrogen-bond donors (Lipinski definition) is 1. The molecule has 1 saturated carbocycles. The van der Waals surface area contributed by atoms with Crippen molar-refractivity contribution in [2.75, 3.05) is 6.54 Å². The van der Waals surface area contributed by atoms with Gasteiger partial charge < -0.3 is 14.6 Å². The zero-order valence-corrected chi connectivity index (χ0v) is 19.3. The van der Waals surface area contributed by atoms with Crippen LogP contribution in [0.2, 0.25) is 0 Å². The van der Waals surface area contributed by atoms with Crippen LogP contribution in [0.15, 0.2) is 29.2 Å². The first-order valence-electron chi connectivity index (χ1n) is 11.1.